The first kappa shape index (κ1) is 18.8. The van der Waals surface area contributed by atoms with Crippen molar-refractivity contribution in [2.45, 2.75) is 26.6 Å². The molecule has 8 heteroatoms. The Morgan fingerprint density at radius 1 is 1.46 bits per heavy atom. The highest BCUT2D eigenvalue weighted by molar-refractivity contribution is 9.10. The highest BCUT2D eigenvalue weighted by atomic mass is 79.9. The van der Waals surface area contributed by atoms with Crippen molar-refractivity contribution in [3.8, 4) is 11.4 Å². The molecule has 0 bridgehead atoms. The van der Waals surface area contributed by atoms with E-state index < -0.39 is 0 Å². The van der Waals surface area contributed by atoms with Crippen molar-refractivity contribution in [1.82, 2.24) is 19.7 Å². The quantitative estimate of drug-likeness (QED) is 0.704. The van der Waals surface area contributed by atoms with Crippen LogP contribution >= 0.6 is 28.1 Å². The van der Waals surface area contributed by atoms with Gasteiger partial charge in [-0.1, -0.05) is 28.1 Å². The lowest BCUT2D eigenvalue weighted by Gasteiger charge is -2.14. The number of quaternary nitrogens is 1. The van der Waals surface area contributed by atoms with E-state index in [4.69, 9.17) is 12.2 Å². The first-order valence-corrected chi connectivity index (χ1v) is 8.98. The topological polar surface area (TPSA) is 56.3 Å². The van der Waals surface area contributed by atoms with Gasteiger partial charge in [0.1, 0.15) is 0 Å². The molecule has 130 valence electrons. The van der Waals surface area contributed by atoms with E-state index in [9.17, 15) is 4.79 Å². The second-order valence-electron chi connectivity index (χ2n) is 6.19. The third-order valence-corrected chi connectivity index (χ3v) is 4.43. The molecule has 0 aliphatic rings. The summed E-state index contributed by atoms with van der Waals surface area (Å²) in [5.41, 5.74) is 0.993. The fourth-order valence-corrected chi connectivity index (χ4v) is 3.02. The average molecular weight is 413 g/mol. The number of aromatic nitrogens is 3. The van der Waals surface area contributed by atoms with E-state index >= 15 is 0 Å². The smallest absolute Gasteiger partial charge is 0.275 e. The molecule has 0 spiro atoms. The van der Waals surface area contributed by atoms with E-state index in [2.05, 4.69) is 26.3 Å². The summed E-state index contributed by atoms with van der Waals surface area (Å²) >= 11 is 8.96. The van der Waals surface area contributed by atoms with Crippen LogP contribution < -0.4 is 10.2 Å². The first-order valence-electron chi connectivity index (χ1n) is 7.78. The summed E-state index contributed by atoms with van der Waals surface area (Å²) in [4.78, 5) is 12.9. The third-order valence-electron chi connectivity index (χ3n) is 3.46. The summed E-state index contributed by atoms with van der Waals surface area (Å²) in [6.07, 6.45) is 0. The molecule has 2 N–H and O–H groups in total. The van der Waals surface area contributed by atoms with Gasteiger partial charge in [-0.15, -0.1) is 5.10 Å². The Kier molecular flexibility index (Phi) is 6.31. The number of amides is 1. The third kappa shape index (κ3) is 4.75. The highest BCUT2D eigenvalue weighted by Crippen LogP contribution is 2.21. The van der Waals surface area contributed by atoms with Gasteiger partial charge in [-0.3, -0.25) is 4.79 Å². The summed E-state index contributed by atoms with van der Waals surface area (Å²) in [6, 6.07) is 8.09. The number of hydrogen-bond donors (Lipinski definition) is 2. The molecule has 1 aromatic heterocycles. The fraction of sp³-hybridized carbons (Fsp3) is 0.438. The van der Waals surface area contributed by atoms with E-state index in [1.807, 2.05) is 56.8 Å². The number of nitrogens with zero attached hydrogens (tertiary/aromatic N) is 3. The molecular formula is C16H23BrN5OS+. The van der Waals surface area contributed by atoms with E-state index in [1.165, 1.54) is 0 Å². The minimum atomic E-state index is 0.0252. The molecule has 0 saturated heterocycles. The van der Waals surface area contributed by atoms with Crippen molar-refractivity contribution in [2.24, 2.45) is 7.05 Å². The molecule has 6 nitrogen and oxygen atoms in total. The highest BCUT2D eigenvalue weighted by Gasteiger charge is 2.15. The van der Waals surface area contributed by atoms with E-state index in [0.717, 1.165) is 20.8 Å². The Balaban J connectivity index is 2.16. The van der Waals surface area contributed by atoms with Crippen LogP contribution in [0, 0.1) is 4.77 Å². The standard InChI is InChI=1S/C16H22BrN5OS/c1-11(2)18-14(23)9-20(3)10-22-16(24)21(4)15(19-22)12-6-5-7-13(17)8-12/h5-8,11H,9-10H2,1-4H3,(H,18,23)/p+1. The van der Waals surface area contributed by atoms with E-state index in [-0.39, 0.29) is 11.9 Å². The lowest BCUT2D eigenvalue weighted by molar-refractivity contribution is -0.895. The van der Waals surface area contributed by atoms with Crippen molar-refractivity contribution in [3.05, 3.63) is 33.5 Å². The molecule has 1 atom stereocenters. The predicted octanol–water partition coefficient (Wildman–Crippen LogP) is 1.38. The molecule has 1 aromatic carbocycles. The van der Waals surface area contributed by atoms with Crippen LogP contribution in [0.5, 0.6) is 0 Å². The molecular weight excluding hydrogens is 390 g/mol. The first-order chi connectivity index (χ1) is 11.3. The summed E-state index contributed by atoms with van der Waals surface area (Å²) in [5, 5.41) is 7.53. The van der Waals surface area contributed by atoms with Gasteiger partial charge in [0, 0.05) is 23.1 Å². The van der Waals surface area contributed by atoms with Gasteiger partial charge in [-0.05, 0) is 38.2 Å². The van der Waals surface area contributed by atoms with Gasteiger partial charge in [-0.25, -0.2) is 0 Å². The zero-order chi connectivity index (χ0) is 17.9. The summed E-state index contributed by atoms with van der Waals surface area (Å²) in [6.45, 7) is 4.81. The van der Waals surface area contributed by atoms with Gasteiger partial charge in [-0.2, -0.15) is 4.68 Å². The normalized spacial score (nSPS) is 12.4. The summed E-state index contributed by atoms with van der Waals surface area (Å²) < 4.78 is 5.28. The molecule has 1 amide bonds. The Morgan fingerprint density at radius 3 is 2.79 bits per heavy atom. The number of hydrogen-bond acceptors (Lipinski definition) is 3. The Bertz CT molecular complexity index is 783. The lowest BCUT2D eigenvalue weighted by Crippen LogP contribution is -3.09. The number of benzene rings is 1. The summed E-state index contributed by atoms with van der Waals surface area (Å²) in [5.74, 6) is 0.831. The molecule has 24 heavy (non-hydrogen) atoms. The van der Waals surface area contributed by atoms with E-state index in [0.29, 0.717) is 18.0 Å². The maximum Gasteiger partial charge on any atom is 0.275 e. The van der Waals surface area contributed by atoms with Gasteiger partial charge in [0.2, 0.25) is 4.77 Å². The van der Waals surface area contributed by atoms with Crippen LogP contribution in [0.1, 0.15) is 13.8 Å². The molecule has 1 heterocycles. The van der Waals surface area contributed by atoms with Crippen LogP contribution in [0.15, 0.2) is 28.7 Å². The summed E-state index contributed by atoms with van der Waals surface area (Å²) in [7, 11) is 3.86. The minimum absolute atomic E-state index is 0.0252. The van der Waals surface area contributed by atoms with Crippen molar-refractivity contribution in [2.75, 3.05) is 13.6 Å². The maximum absolute atomic E-state index is 11.9. The van der Waals surface area contributed by atoms with Crippen molar-refractivity contribution < 1.29 is 9.69 Å². The number of rotatable bonds is 6. The molecule has 2 aromatic rings. The number of halogens is 1. The van der Waals surface area contributed by atoms with Crippen LogP contribution in [0.3, 0.4) is 0 Å². The SMILES string of the molecule is CC(C)NC(=O)C[NH+](C)Cn1nc(-c2cccc(Br)c2)n(C)c1=S. The van der Waals surface area contributed by atoms with Crippen LogP contribution in [0.4, 0.5) is 0 Å². The van der Waals surface area contributed by atoms with Crippen molar-refractivity contribution in [1.29, 1.82) is 0 Å². The second-order valence-corrected chi connectivity index (χ2v) is 7.47. The zero-order valence-corrected chi connectivity index (χ0v) is 16.7. The molecule has 1 unspecified atom stereocenters. The Hall–Kier alpha value is -1.51. The van der Waals surface area contributed by atoms with Gasteiger partial charge >= 0.3 is 0 Å². The van der Waals surface area contributed by atoms with Crippen molar-refractivity contribution >= 4 is 34.1 Å². The number of carbonyl (C=O) groups excluding carboxylic acids is 1. The Morgan fingerprint density at radius 2 is 2.17 bits per heavy atom. The fourth-order valence-electron chi connectivity index (χ4n) is 2.43. The molecule has 0 saturated carbocycles. The largest absolute Gasteiger partial charge is 0.349 e. The number of nitrogens with one attached hydrogen (secondary N) is 2. The van der Waals surface area contributed by atoms with E-state index in [1.54, 1.807) is 4.68 Å². The Labute approximate surface area is 155 Å². The molecule has 0 fully saturated rings. The molecule has 0 aliphatic heterocycles. The molecule has 0 radical (unpaired) electrons. The predicted molar refractivity (Wildman–Crippen MR) is 100 cm³/mol. The monoisotopic (exact) mass is 412 g/mol. The van der Waals surface area contributed by atoms with Gasteiger partial charge < -0.3 is 14.8 Å². The minimum Gasteiger partial charge on any atom is -0.349 e. The van der Waals surface area contributed by atoms with Crippen LogP contribution in [0.2, 0.25) is 0 Å². The molecule has 2 rings (SSSR count). The van der Waals surface area contributed by atoms with Crippen LogP contribution in [0.25, 0.3) is 11.4 Å². The van der Waals surface area contributed by atoms with Gasteiger partial charge in [0.15, 0.2) is 19.0 Å². The second kappa shape index (κ2) is 8.04. The van der Waals surface area contributed by atoms with Gasteiger partial charge in [0.05, 0.1) is 7.05 Å². The maximum atomic E-state index is 11.9. The van der Waals surface area contributed by atoms with Crippen molar-refractivity contribution in [3.63, 3.8) is 0 Å². The molecule has 0 aliphatic carbocycles. The lowest BCUT2D eigenvalue weighted by atomic mass is 10.2. The number of carbonyl (C=O) groups is 1. The van der Waals surface area contributed by atoms with Crippen LogP contribution in [-0.4, -0.2) is 39.9 Å². The number of likely N-dealkylation sites (N-methyl/N-ethyl adjacent to an activating group) is 1. The average Bonchev–Trinajstić information content (AvgIpc) is 2.74. The van der Waals surface area contributed by atoms with Gasteiger partial charge in [0.25, 0.3) is 5.91 Å². The van der Waals surface area contributed by atoms with Crippen LogP contribution in [-0.2, 0) is 18.5 Å². The zero-order valence-electron chi connectivity index (χ0n) is 14.3.